The summed E-state index contributed by atoms with van der Waals surface area (Å²) in [6, 6.07) is 11.2. The van der Waals surface area contributed by atoms with Gasteiger partial charge in [-0.3, -0.25) is 4.79 Å². The molecule has 5 nitrogen and oxygen atoms in total. The van der Waals surface area contributed by atoms with Crippen LogP contribution in [0.5, 0.6) is 5.75 Å². The Kier molecular flexibility index (Phi) is 4.76. The quantitative estimate of drug-likeness (QED) is 0.922. The number of amides is 1. The van der Waals surface area contributed by atoms with Crippen LogP contribution in [0.25, 0.3) is 0 Å². The van der Waals surface area contributed by atoms with Gasteiger partial charge >= 0.3 is 0 Å². The number of pyridine rings is 1. The molecule has 0 unspecified atom stereocenters. The third-order valence-electron chi connectivity index (χ3n) is 4.04. The highest BCUT2D eigenvalue weighted by molar-refractivity contribution is 5.96. The van der Waals surface area contributed by atoms with E-state index in [9.17, 15) is 4.79 Å². The highest BCUT2D eigenvalue weighted by Gasteiger charge is 2.14. The van der Waals surface area contributed by atoms with E-state index in [-0.39, 0.29) is 5.91 Å². The largest absolute Gasteiger partial charge is 0.496 e. The van der Waals surface area contributed by atoms with Crippen LogP contribution in [0.4, 0.5) is 5.82 Å². The Hall–Kier alpha value is -2.56. The normalized spacial score (nSPS) is 13.9. The lowest BCUT2D eigenvalue weighted by Gasteiger charge is -2.16. The maximum Gasteiger partial charge on any atom is 0.255 e. The van der Waals surface area contributed by atoms with Crippen molar-refractivity contribution >= 4 is 11.7 Å². The summed E-state index contributed by atoms with van der Waals surface area (Å²) in [5.41, 5.74) is 1.52. The van der Waals surface area contributed by atoms with Crippen LogP contribution in [-0.2, 0) is 6.54 Å². The average Bonchev–Trinajstić information content (AvgIpc) is 3.14. The van der Waals surface area contributed by atoms with Gasteiger partial charge in [0.15, 0.2) is 0 Å². The molecule has 0 saturated carbocycles. The first-order chi connectivity index (χ1) is 11.3. The van der Waals surface area contributed by atoms with Gasteiger partial charge in [-0.2, -0.15) is 0 Å². The fraction of sp³-hybridized carbons (Fsp3) is 0.333. The molecule has 0 spiro atoms. The molecule has 5 heteroatoms. The van der Waals surface area contributed by atoms with Gasteiger partial charge in [-0.25, -0.2) is 4.98 Å². The van der Waals surface area contributed by atoms with Crippen molar-refractivity contribution in [3.8, 4) is 5.75 Å². The van der Waals surface area contributed by atoms with Crippen molar-refractivity contribution in [3.05, 3.63) is 53.7 Å². The summed E-state index contributed by atoms with van der Waals surface area (Å²) in [5.74, 6) is 1.45. The van der Waals surface area contributed by atoms with Crippen LogP contribution in [0.2, 0.25) is 0 Å². The Balaban J connectivity index is 1.60. The predicted octanol–water partition coefficient (Wildman–Crippen LogP) is 2.62. The summed E-state index contributed by atoms with van der Waals surface area (Å²) >= 11 is 0. The first kappa shape index (κ1) is 15.3. The van der Waals surface area contributed by atoms with Crippen molar-refractivity contribution in [2.24, 2.45) is 0 Å². The van der Waals surface area contributed by atoms with Crippen molar-refractivity contribution in [1.29, 1.82) is 0 Å². The second-order valence-corrected chi connectivity index (χ2v) is 5.60. The number of aromatic nitrogens is 1. The van der Waals surface area contributed by atoms with E-state index >= 15 is 0 Å². The molecule has 1 N–H and O–H groups in total. The number of nitrogens with one attached hydrogen (secondary N) is 1. The maximum atomic E-state index is 12.3. The van der Waals surface area contributed by atoms with E-state index in [0.717, 1.165) is 24.5 Å². The lowest BCUT2D eigenvalue weighted by molar-refractivity contribution is 0.0948. The minimum atomic E-state index is -0.147. The van der Waals surface area contributed by atoms with Gasteiger partial charge in [0.2, 0.25) is 0 Å². The van der Waals surface area contributed by atoms with E-state index in [1.807, 2.05) is 30.5 Å². The summed E-state index contributed by atoms with van der Waals surface area (Å²) in [7, 11) is 1.56. The number of anilines is 1. The Labute approximate surface area is 136 Å². The van der Waals surface area contributed by atoms with Crippen LogP contribution in [0, 0.1) is 0 Å². The Bertz CT molecular complexity index is 664. The van der Waals surface area contributed by atoms with Gasteiger partial charge in [-0.15, -0.1) is 0 Å². The first-order valence-corrected chi connectivity index (χ1v) is 7.89. The molecule has 3 rings (SSSR count). The van der Waals surface area contributed by atoms with Crippen molar-refractivity contribution in [2.75, 3.05) is 25.1 Å². The van der Waals surface area contributed by atoms with Gasteiger partial charge in [0.05, 0.1) is 12.7 Å². The number of para-hydroxylation sites is 1. The molecule has 2 aromatic rings. The monoisotopic (exact) mass is 311 g/mol. The highest BCUT2D eigenvalue weighted by Crippen LogP contribution is 2.18. The Morgan fingerprint density at radius 1 is 1.22 bits per heavy atom. The molecule has 1 aliphatic rings. The van der Waals surface area contributed by atoms with Crippen molar-refractivity contribution < 1.29 is 9.53 Å². The lowest BCUT2D eigenvalue weighted by atomic mass is 10.2. The van der Waals surface area contributed by atoms with E-state index in [1.165, 1.54) is 12.8 Å². The number of carbonyl (C=O) groups excluding carboxylic acids is 1. The van der Waals surface area contributed by atoms with Crippen LogP contribution < -0.4 is 15.0 Å². The van der Waals surface area contributed by atoms with E-state index in [0.29, 0.717) is 17.9 Å². The molecule has 1 amide bonds. The smallest absolute Gasteiger partial charge is 0.255 e. The first-order valence-electron chi connectivity index (χ1n) is 7.89. The predicted molar refractivity (Wildman–Crippen MR) is 89.8 cm³/mol. The van der Waals surface area contributed by atoms with Crippen LogP contribution >= 0.6 is 0 Å². The number of carbonyl (C=O) groups is 1. The summed E-state index contributed by atoms with van der Waals surface area (Å²) in [5, 5.41) is 2.91. The average molecular weight is 311 g/mol. The molecular weight excluding hydrogens is 290 g/mol. The molecule has 1 aromatic heterocycles. The molecule has 0 radical (unpaired) electrons. The zero-order valence-corrected chi connectivity index (χ0v) is 13.3. The number of hydrogen-bond acceptors (Lipinski definition) is 4. The number of nitrogens with zero attached hydrogens (tertiary/aromatic N) is 2. The van der Waals surface area contributed by atoms with Crippen molar-refractivity contribution in [2.45, 2.75) is 19.4 Å². The number of methoxy groups -OCH3 is 1. The van der Waals surface area contributed by atoms with E-state index < -0.39 is 0 Å². The lowest BCUT2D eigenvalue weighted by Crippen LogP contribution is -2.23. The molecule has 1 aliphatic heterocycles. The standard InChI is InChI=1S/C18H21N3O2/c1-23-16-7-3-2-6-15(16)18(22)20-13-14-8-9-17(19-12-14)21-10-4-5-11-21/h2-3,6-9,12H,4-5,10-11,13H2,1H3,(H,20,22). The van der Waals surface area contributed by atoms with Gasteiger partial charge in [0.1, 0.15) is 11.6 Å². The molecule has 23 heavy (non-hydrogen) atoms. The van der Waals surface area contributed by atoms with Crippen LogP contribution in [0.1, 0.15) is 28.8 Å². The third kappa shape index (κ3) is 3.62. The van der Waals surface area contributed by atoms with Gasteiger partial charge in [-0.1, -0.05) is 18.2 Å². The van der Waals surface area contributed by atoms with Crippen molar-refractivity contribution in [3.63, 3.8) is 0 Å². The molecule has 1 saturated heterocycles. The minimum absolute atomic E-state index is 0.147. The molecule has 1 fully saturated rings. The van der Waals surface area contributed by atoms with E-state index in [4.69, 9.17) is 4.74 Å². The summed E-state index contributed by atoms with van der Waals surface area (Å²) in [6.45, 7) is 2.61. The van der Waals surface area contributed by atoms with E-state index in [1.54, 1.807) is 19.2 Å². The molecule has 1 aromatic carbocycles. The summed E-state index contributed by atoms with van der Waals surface area (Å²) in [4.78, 5) is 19.0. The molecule has 2 heterocycles. The zero-order valence-electron chi connectivity index (χ0n) is 13.3. The fourth-order valence-electron chi connectivity index (χ4n) is 2.76. The van der Waals surface area contributed by atoms with Gasteiger partial charge in [0, 0.05) is 25.8 Å². The third-order valence-corrected chi connectivity index (χ3v) is 4.04. The van der Waals surface area contributed by atoms with Crippen molar-refractivity contribution in [1.82, 2.24) is 10.3 Å². The maximum absolute atomic E-state index is 12.3. The van der Waals surface area contributed by atoms with Gasteiger partial charge in [-0.05, 0) is 36.6 Å². The number of hydrogen-bond donors (Lipinski definition) is 1. The van der Waals surface area contributed by atoms with Crippen LogP contribution in [0.15, 0.2) is 42.6 Å². The minimum Gasteiger partial charge on any atom is -0.496 e. The second kappa shape index (κ2) is 7.13. The topological polar surface area (TPSA) is 54.5 Å². The zero-order chi connectivity index (χ0) is 16.1. The number of ether oxygens (including phenoxy) is 1. The van der Waals surface area contributed by atoms with Gasteiger partial charge in [0.25, 0.3) is 5.91 Å². The fourth-order valence-corrected chi connectivity index (χ4v) is 2.76. The molecule has 120 valence electrons. The number of benzene rings is 1. The van der Waals surface area contributed by atoms with Crippen LogP contribution in [0.3, 0.4) is 0 Å². The van der Waals surface area contributed by atoms with Crippen LogP contribution in [-0.4, -0.2) is 31.1 Å². The summed E-state index contributed by atoms with van der Waals surface area (Å²) in [6.07, 6.45) is 4.30. The molecule has 0 bridgehead atoms. The van der Waals surface area contributed by atoms with E-state index in [2.05, 4.69) is 15.2 Å². The molecular formula is C18H21N3O2. The number of rotatable bonds is 5. The Morgan fingerprint density at radius 2 is 2.00 bits per heavy atom. The SMILES string of the molecule is COc1ccccc1C(=O)NCc1ccc(N2CCCC2)nc1. The molecule has 0 aliphatic carbocycles. The highest BCUT2D eigenvalue weighted by atomic mass is 16.5. The Morgan fingerprint density at radius 3 is 2.70 bits per heavy atom. The second-order valence-electron chi connectivity index (χ2n) is 5.60. The molecule has 0 atom stereocenters. The van der Waals surface area contributed by atoms with Gasteiger partial charge < -0.3 is 15.0 Å². The summed E-state index contributed by atoms with van der Waals surface area (Å²) < 4.78 is 5.21.